The van der Waals surface area contributed by atoms with Gasteiger partial charge in [0.05, 0.1) is 0 Å². The molecule has 0 aliphatic rings. The van der Waals surface area contributed by atoms with Crippen LogP contribution in [0.3, 0.4) is 0 Å². The molecular weight excluding hydrogens is 400 g/mol. The van der Waals surface area contributed by atoms with E-state index in [2.05, 4.69) is 51.1 Å². The van der Waals surface area contributed by atoms with E-state index in [9.17, 15) is 4.79 Å². The summed E-state index contributed by atoms with van der Waals surface area (Å²) in [5.74, 6) is 1.18. The number of pyridine rings is 1. The number of fused-ring (bicyclic) bond motifs is 2. The summed E-state index contributed by atoms with van der Waals surface area (Å²) >= 11 is 0. The summed E-state index contributed by atoms with van der Waals surface area (Å²) in [7, 11) is 1.82. The molecule has 3 aromatic heterocycles. The Morgan fingerprint density at radius 3 is 2.56 bits per heavy atom. The second-order valence-corrected chi connectivity index (χ2v) is 8.25. The zero-order chi connectivity index (χ0) is 22.4. The maximum Gasteiger partial charge on any atom is 0.253 e. The molecule has 0 spiro atoms. The summed E-state index contributed by atoms with van der Waals surface area (Å²) in [6.45, 7) is 4.50. The van der Waals surface area contributed by atoms with E-state index in [4.69, 9.17) is 5.73 Å². The van der Waals surface area contributed by atoms with Crippen molar-refractivity contribution in [2.45, 2.75) is 20.4 Å². The average Bonchev–Trinajstić information content (AvgIpc) is 3.36. The van der Waals surface area contributed by atoms with Crippen molar-refractivity contribution in [3.63, 3.8) is 0 Å². The minimum absolute atomic E-state index is 0.0197. The van der Waals surface area contributed by atoms with E-state index < -0.39 is 0 Å². The molecule has 5 aromatic rings. The molecule has 2 aromatic carbocycles. The fourth-order valence-corrected chi connectivity index (χ4v) is 4.00. The monoisotopic (exact) mass is 424 g/mol. The number of hydrogen-bond acceptors (Lipinski definition) is 4. The van der Waals surface area contributed by atoms with Crippen LogP contribution in [0.1, 0.15) is 27.3 Å². The SMILES string of the molecule is Cc1ccc(CN(C)C(=O)c2ccc3[nH]c(-c4cc(N)nc5[nH]c(C)nc45)cc3c2)cc1. The van der Waals surface area contributed by atoms with Crippen molar-refractivity contribution in [3.8, 4) is 11.3 Å². The number of anilines is 1. The summed E-state index contributed by atoms with van der Waals surface area (Å²) in [6.07, 6.45) is 0. The van der Waals surface area contributed by atoms with E-state index in [1.54, 1.807) is 4.90 Å². The van der Waals surface area contributed by atoms with Crippen LogP contribution in [0, 0.1) is 13.8 Å². The zero-order valence-electron chi connectivity index (χ0n) is 18.2. The molecule has 7 heteroatoms. The molecule has 160 valence electrons. The van der Waals surface area contributed by atoms with Crippen molar-refractivity contribution in [1.29, 1.82) is 0 Å². The topological polar surface area (TPSA) is 104 Å². The van der Waals surface area contributed by atoms with Gasteiger partial charge in [0.2, 0.25) is 0 Å². The largest absolute Gasteiger partial charge is 0.384 e. The lowest BCUT2D eigenvalue weighted by Crippen LogP contribution is -2.26. The Hall–Kier alpha value is -4.13. The van der Waals surface area contributed by atoms with Crippen LogP contribution < -0.4 is 5.73 Å². The maximum absolute atomic E-state index is 13.0. The lowest BCUT2D eigenvalue weighted by molar-refractivity contribution is 0.0785. The van der Waals surface area contributed by atoms with Gasteiger partial charge in [0, 0.05) is 41.3 Å². The van der Waals surface area contributed by atoms with Gasteiger partial charge in [-0.2, -0.15) is 0 Å². The smallest absolute Gasteiger partial charge is 0.253 e. The third-order valence-corrected chi connectivity index (χ3v) is 5.64. The molecule has 7 nitrogen and oxygen atoms in total. The Kier molecular flexibility index (Phi) is 4.66. The third-order valence-electron chi connectivity index (χ3n) is 5.64. The van der Waals surface area contributed by atoms with Crippen molar-refractivity contribution in [2.75, 3.05) is 12.8 Å². The number of nitrogens with two attached hydrogens (primary N) is 1. The Morgan fingerprint density at radius 2 is 1.78 bits per heavy atom. The number of aromatic nitrogens is 4. The number of nitrogens with one attached hydrogen (secondary N) is 2. The number of rotatable bonds is 4. The van der Waals surface area contributed by atoms with Crippen LogP contribution in [-0.2, 0) is 6.54 Å². The van der Waals surface area contributed by atoms with E-state index in [-0.39, 0.29) is 5.91 Å². The number of H-pyrrole nitrogens is 2. The highest BCUT2D eigenvalue weighted by atomic mass is 16.2. The van der Waals surface area contributed by atoms with Crippen molar-refractivity contribution in [3.05, 3.63) is 77.1 Å². The van der Waals surface area contributed by atoms with Gasteiger partial charge in [0.15, 0.2) is 5.65 Å². The molecule has 5 rings (SSSR count). The van der Waals surface area contributed by atoms with Crippen LogP contribution >= 0.6 is 0 Å². The van der Waals surface area contributed by atoms with Gasteiger partial charge in [-0.25, -0.2) is 9.97 Å². The molecule has 4 N–H and O–H groups in total. The van der Waals surface area contributed by atoms with Crippen LogP contribution in [0.15, 0.2) is 54.6 Å². The normalized spacial score (nSPS) is 11.3. The number of benzene rings is 2. The Balaban J connectivity index is 1.47. The van der Waals surface area contributed by atoms with E-state index in [1.165, 1.54) is 5.56 Å². The fourth-order valence-electron chi connectivity index (χ4n) is 4.00. The molecule has 3 heterocycles. The number of nitrogen functional groups attached to an aromatic ring is 1. The number of aromatic amines is 2. The molecule has 0 saturated carbocycles. The minimum atomic E-state index is -0.0197. The summed E-state index contributed by atoms with van der Waals surface area (Å²) in [5, 5.41) is 0.949. The zero-order valence-corrected chi connectivity index (χ0v) is 18.2. The van der Waals surface area contributed by atoms with E-state index in [1.807, 2.05) is 44.3 Å². The highest BCUT2D eigenvalue weighted by Gasteiger charge is 2.16. The van der Waals surface area contributed by atoms with Crippen LogP contribution in [0.5, 0.6) is 0 Å². The summed E-state index contributed by atoms with van der Waals surface area (Å²) in [4.78, 5) is 30.2. The second-order valence-electron chi connectivity index (χ2n) is 8.25. The van der Waals surface area contributed by atoms with Crippen LogP contribution in [-0.4, -0.2) is 37.8 Å². The van der Waals surface area contributed by atoms with Crippen molar-refractivity contribution in [2.24, 2.45) is 0 Å². The van der Waals surface area contributed by atoms with E-state index in [0.717, 1.165) is 39.1 Å². The highest BCUT2D eigenvalue weighted by Crippen LogP contribution is 2.30. The molecule has 0 aliphatic carbocycles. The maximum atomic E-state index is 13.0. The summed E-state index contributed by atoms with van der Waals surface area (Å²) in [5.41, 5.74) is 13.1. The lowest BCUT2D eigenvalue weighted by atomic mass is 10.1. The predicted octanol–water partition coefficient (Wildman–Crippen LogP) is 4.58. The molecular formula is C25H24N6O. The van der Waals surface area contributed by atoms with Gasteiger partial charge >= 0.3 is 0 Å². The Morgan fingerprint density at radius 1 is 1.00 bits per heavy atom. The molecule has 32 heavy (non-hydrogen) atoms. The Bertz CT molecular complexity index is 1460. The first kappa shape index (κ1) is 19.8. The van der Waals surface area contributed by atoms with Crippen molar-refractivity contribution >= 4 is 33.8 Å². The predicted molar refractivity (Wildman–Crippen MR) is 127 cm³/mol. The number of aryl methyl sites for hydroxylation is 2. The molecule has 0 fully saturated rings. The van der Waals surface area contributed by atoms with Crippen molar-refractivity contribution < 1.29 is 4.79 Å². The van der Waals surface area contributed by atoms with E-state index >= 15 is 0 Å². The van der Waals surface area contributed by atoms with E-state index in [0.29, 0.717) is 23.6 Å². The molecule has 0 radical (unpaired) electrons. The standard InChI is InChI=1S/C25H24N6O/c1-14-4-6-16(7-5-14)13-31(3)25(32)17-8-9-20-18(10-17)11-21(29-20)19-12-22(26)30-24-23(19)27-15(2)28-24/h4-12,29H,13H2,1-3H3,(H3,26,27,28,30). The molecule has 0 aliphatic heterocycles. The van der Waals surface area contributed by atoms with Crippen LogP contribution in [0.4, 0.5) is 5.82 Å². The summed E-state index contributed by atoms with van der Waals surface area (Å²) < 4.78 is 0. The minimum Gasteiger partial charge on any atom is -0.384 e. The first-order chi connectivity index (χ1) is 15.4. The molecule has 0 unspecified atom stereocenters. The van der Waals surface area contributed by atoms with Gasteiger partial charge in [-0.15, -0.1) is 0 Å². The second kappa shape index (κ2) is 7.53. The number of carbonyl (C=O) groups is 1. The van der Waals surface area contributed by atoms with Gasteiger partial charge < -0.3 is 20.6 Å². The van der Waals surface area contributed by atoms with Gasteiger partial charge in [-0.05, 0) is 49.7 Å². The number of hydrogen-bond donors (Lipinski definition) is 3. The number of nitrogens with zero attached hydrogens (tertiary/aromatic N) is 3. The average molecular weight is 425 g/mol. The fraction of sp³-hybridized carbons (Fsp3) is 0.160. The molecule has 0 saturated heterocycles. The first-order valence-corrected chi connectivity index (χ1v) is 10.4. The van der Waals surface area contributed by atoms with Gasteiger partial charge in [-0.3, -0.25) is 4.79 Å². The molecule has 1 amide bonds. The van der Waals surface area contributed by atoms with Gasteiger partial charge in [-0.1, -0.05) is 29.8 Å². The van der Waals surface area contributed by atoms with Gasteiger partial charge in [0.1, 0.15) is 17.2 Å². The first-order valence-electron chi connectivity index (χ1n) is 10.4. The summed E-state index contributed by atoms with van der Waals surface area (Å²) in [6, 6.07) is 17.8. The third kappa shape index (κ3) is 3.58. The lowest BCUT2D eigenvalue weighted by Gasteiger charge is -2.17. The van der Waals surface area contributed by atoms with Crippen LogP contribution in [0.2, 0.25) is 0 Å². The van der Waals surface area contributed by atoms with Crippen LogP contribution in [0.25, 0.3) is 33.3 Å². The number of amides is 1. The highest BCUT2D eigenvalue weighted by molar-refractivity contribution is 6.00. The quantitative estimate of drug-likeness (QED) is 0.393. The molecule has 0 bridgehead atoms. The molecule has 0 atom stereocenters. The van der Waals surface area contributed by atoms with Crippen molar-refractivity contribution in [1.82, 2.24) is 24.8 Å². The Labute approximate surface area is 185 Å². The van der Waals surface area contributed by atoms with Gasteiger partial charge in [0.25, 0.3) is 5.91 Å². The number of imidazole rings is 1. The number of carbonyl (C=O) groups excluding carboxylic acids is 1.